The fourth-order valence-electron chi connectivity index (χ4n) is 2.27. The number of hydrogen-bond acceptors (Lipinski definition) is 6. The van der Waals surface area contributed by atoms with E-state index in [1.54, 1.807) is 30.3 Å². The van der Waals surface area contributed by atoms with Crippen LogP contribution in [0.15, 0.2) is 30.3 Å². The van der Waals surface area contributed by atoms with Crippen LogP contribution < -0.4 is 0 Å². The van der Waals surface area contributed by atoms with E-state index >= 15 is 0 Å². The second kappa shape index (κ2) is 8.11. The van der Waals surface area contributed by atoms with E-state index in [2.05, 4.69) is 9.47 Å². The van der Waals surface area contributed by atoms with Crippen LogP contribution in [0.2, 0.25) is 0 Å². The zero-order valence-electron chi connectivity index (χ0n) is 12.6. The van der Waals surface area contributed by atoms with Crippen LogP contribution in [0.1, 0.15) is 31.2 Å². The average molecular weight is 309 g/mol. The molecule has 0 aliphatic heterocycles. The smallest absolute Gasteiger partial charge is 0.305 e. The summed E-state index contributed by atoms with van der Waals surface area (Å²) in [4.78, 5) is 34.0. The van der Waals surface area contributed by atoms with Gasteiger partial charge in [0.2, 0.25) is 5.54 Å². The van der Waals surface area contributed by atoms with Gasteiger partial charge in [0, 0.05) is 23.3 Å². The van der Waals surface area contributed by atoms with Crippen molar-refractivity contribution in [3.05, 3.63) is 46.0 Å². The highest BCUT2D eigenvalue weighted by molar-refractivity contribution is 5.70. The SMILES string of the molecule is COC(=O)CCC(CCC(=O)OC)(c1ccccc1)[N+](=O)[O-]. The number of nitro groups is 1. The van der Waals surface area contributed by atoms with Crippen molar-refractivity contribution >= 4 is 11.9 Å². The van der Waals surface area contributed by atoms with Gasteiger partial charge < -0.3 is 9.47 Å². The summed E-state index contributed by atoms with van der Waals surface area (Å²) in [5.41, 5.74) is -1.07. The summed E-state index contributed by atoms with van der Waals surface area (Å²) in [6, 6.07) is 8.36. The second-order valence-corrected chi connectivity index (χ2v) is 4.81. The van der Waals surface area contributed by atoms with E-state index in [1.165, 1.54) is 14.2 Å². The van der Waals surface area contributed by atoms with E-state index in [1.807, 2.05) is 0 Å². The van der Waals surface area contributed by atoms with Crippen LogP contribution in [0, 0.1) is 10.1 Å². The lowest BCUT2D eigenvalue weighted by Gasteiger charge is -2.25. The van der Waals surface area contributed by atoms with Gasteiger partial charge in [-0.3, -0.25) is 19.7 Å². The molecular weight excluding hydrogens is 290 g/mol. The quantitative estimate of drug-likeness (QED) is 0.414. The van der Waals surface area contributed by atoms with Gasteiger partial charge in [-0.25, -0.2) is 0 Å². The van der Waals surface area contributed by atoms with Gasteiger partial charge in [-0.05, 0) is 0 Å². The summed E-state index contributed by atoms with van der Waals surface area (Å²) in [7, 11) is 2.46. The lowest BCUT2D eigenvalue weighted by Crippen LogP contribution is -2.37. The maximum absolute atomic E-state index is 11.7. The number of carbonyl (C=O) groups excluding carboxylic acids is 2. The highest BCUT2D eigenvalue weighted by Crippen LogP contribution is 2.35. The predicted molar refractivity (Wildman–Crippen MR) is 77.6 cm³/mol. The predicted octanol–water partition coefficient (Wildman–Crippen LogP) is 2.06. The maximum Gasteiger partial charge on any atom is 0.305 e. The fraction of sp³-hybridized carbons (Fsp3) is 0.467. The van der Waals surface area contributed by atoms with Gasteiger partial charge in [0.1, 0.15) is 0 Å². The van der Waals surface area contributed by atoms with Gasteiger partial charge >= 0.3 is 11.9 Å². The summed E-state index contributed by atoms with van der Waals surface area (Å²) in [5, 5.41) is 11.7. The molecule has 1 aromatic carbocycles. The lowest BCUT2D eigenvalue weighted by atomic mass is 9.82. The Morgan fingerprint density at radius 1 is 1.05 bits per heavy atom. The normalized spacial score (nSPS) is 10.8. The number of methoxy groups -OCH3 is 2. The van der Waals surface area contributed by atoms with Crippen LogP contribution in [0.25, 0.3) is 0 Å². The number of ether oxygens (including phenoxy) is 2. The molecule has 0 aromatic heterocycles. The molecule has 0 aliphatic rings. The molecule has 0 fully saturated rings. The van der Waals surface area contributed by atoms with E-state index in [4.69, 9.17) is 0 Å². The van der Waals surface area contributed by atoms with Gasteiger partial charge in [0.15, 0.2) is 0 Å². The summed E-state index contributed by atoms with van der Waals surface area (Å²) in [6.45, 7) is 0. The van der Waals surface area contributed by atoms with Crippen LogP contribution in [-0.4, -0.2) is 31.1 Å². The van der Waals surface area contributed by atoms with Crippen LogP contribution >= 0.6 is 0 Å². The molecule has 0 bridgehead atoms. The monoisotopic (exact) mass is 309 g/mol. The zero-order chi connectivity index (χ0) is 16.6. The molecule has 0 saturated carbocycles. The molecule has 0 spiro atoms. The van der Waals surface area contributed by atoms with Crippen molar-refractivity contribution in [3.63, 3.8) is 0 Å². The number of carbonyl (C=O) groups is 2. The van der Waals surface area contributed by atoms with Crippen molar-refractivity contribution in [3.8, 4) is 0 Å². The molecule has 22 heavy (non-hydrogen) atoms. The number of hydrogen-bond donors (Lipinski definition) is 0. The fourth-order valence-corrected chi connectivity index (χ4v) is 2.27. The standard InChI is InChI=1S/C15H19NO6/c1-21-13(17)8-10-15(16(19)20,11-9-14(18)22-2)12-6-4-3-5-7-12/h3-7H,8-11H2,1-2H3. The van der Waals surface area contributed by atoms with Crippen LogP contribution in [0.4, 0.5) is 0 Å². The first-order chi connectivity index (χ1) is 10.5. The average Bonchev–Trinajstić information content (AvgIpc) is 2.55. The van der Waals surface area contributed by atoms with Gasteiger partial charge in [-0.15, -0.1) is 0 Å². The summed E-state index contributed by atoms with van der Waals surface area (Å²) < 4.78 is 9.11. The van der Waals surface area contributed by atoms with Crippen LogP contribution in [0.5, 0.6) is 0 Å². The molecule has 0 atom stereocenters. The highest BCUT2D eigenvalue weighted by Gasteiger charge is 2.45. The zero-order valence-corrected chi connectivity index (χ0v) is 12.6. The molecule has 120 valence electrons. The molecule has 0 saturated heterocycles. The van der Waals surface area contributed by atoms with Crippen LogP contribution in [0.3, 0.4) is 0 Å². The van der Waals surface area contributed by atoms with Gasteiger partial charge in [0.05, 0.1) is 27.1 Å². The van der Waals surface area contributed by atoms with Crippen molar-refractivity contribution in [2.75, 3.05) is 14.2 Å². The Morgan fingerprint density at radius 2 is 1.50 bits per heavy atom. The molecule has 7 nitrogen and oxygen atoms in total. The van der Waals surface area contributed by atoms with E-state index < -0.39 is 22.4 Å². The van der Waals surface area contributed by atoms with Gasteiger partial charge in [-0.1, -0.05) is 30.3 Å². The first-order valence-electron chi connectivity index (χ1n) is 6.80. The van der Waals surface area contributed by atoms with E-state index in [-0.39, 0.29) is 25.7 Å². The number of rotatable bonds is 8. The van der Waals surface area contributed by atoms with Gasteiger partial charge in [0.25, 0.3) is 0 Å². The molecule has 7 heteroatoms. The molecule has 0 amide bonds. The Morgan fingerprint density at radius 3 is 1.86 bits per heavy atom. The summed E-state index contributed by atoms with van der Waals surface area (Å²) in [5.74, 6) is -1.06. The second-order valence-electron chi connectivity index (χ2n) is 4.81. The van der Waals surface area contributed by atoms with E-state index in [9.17, 15) is 19.7 Å². The lowest BCUT2D eigenvalue weighted by molar-refractivity contribution is -0.582. The Labute approximate surface area is 128 Å². The molecule has 0 unspecified atom stereocenters. The molecular formula is C15H19NO6. The maximum atomic E-state index is 11.7. The van der Waals surface area contributed by atoms with Crippen LogP contribution in [-0.2, 0) is 24.6 Å². The summed E-state index contributed by atoms with van der Waals surface area (Å²) in [6.07, 6.45) is -0.303. The minimum Gasteiger partial charge on any atom is -0.469 e. The number of nitrogens with zero attached hydrogens (tertiary/aromatic N) is 1. The summed E-state index contributed by atoms with van der Waals surface area (Å²) >= 11 is 0. The largest absolute Gasteiger partial charge is 0.469 e. The minimum absolute atomic E-state index is 0.0479. The highest BCUT2D eigenvalue weighted by atomic mass is 16.6. The van der Waals surface area contributed by atoms with Crippen molar-refractivity contribution < 1.29 is 24.0 Å². The Kier molecular flexibility index (Phi) is 6.49. The molecule has 0 aliphatic carbocycles. The van der Waals surface area contributed by atoms with Crippen molar-refractivity contribution in [1.29, 1.82) is 0 Å². The Hall–Kier alpha value is -2.44. The van der Waals surface area contributed by atoms with Crippen molar-refractivity contribution in [1.82, 2.24) is 0 Å². The van der Waals surface area contributed by atoms with E-state index in [0.29, 0.717) is 5.56 Å². The number of benzene rings is 1. The first kappa shape index (κ1) is 17.6. The molecule has 0 heterocycles. The number of esters is 2. The molecule has 0 radical (unpaired) electrons. The molecule has 1 rings (SSSR count). The topological polar surface area (TPSA) is 95.7 Å². The Balaban J connectivity index is 3.11. The van der Waals surface area contributed by atoms with E-state index in [0.717, 1.165) is 0 Å². The minimum atomic E-state index is -1.52. The third-order valence-corrected chi connectivity index (χ3v) is 3.60. The molecule has 1 aromatic rings. The van der Waals surface area contributed by atoms with Crippen molar-refractivity contribution in [2.24, 2.45) is 0 Å². The van der Waals surface area contributed by atoms with Crippen molar-refractivity contribution in [2.45, 2.75) is 31.2 Å². The first-order valence-corrected chi connectivity index (χ1v) is 6.80. The Bertz CT molecular complexity index is 508. The third kappa shape index (κ3) is 4.28. The van der Waals surface area contributed by atoms with Gasteiger partial charge in [-0.2, -0.15) is 0 Å². The molecule has 0 N–H and O–H groups in total. The third-order valence-electron chi connectivity index (χ3n) is 3.60.